The van der Waals surface area contributed by atoms with E-state index in [9.17, 15) is 17.6 Å². The van der Waals surface area contributed by atoms with E-state index in [4.69, 9.17) is 12.2 Å². The van der Waals surface area contributed by atoms with Crippen molar-refractivity contribution in [2.75, 3.05) is 10.6 Å². The minimum Gasteiger partial charge on any atom is -0.332 e. The second-order valence-electron chi connectivity index (χ2n) is 5.88. The van der Waals surface area contributed by atoms with E-state index in [2.05, 4.69) is 10.6 Å². The molecule has 0 aliphatic carbocycles. The summed E-state index contributed by atoms with van der Waals surface area (Å²) in [6, 6.07) is 19.7. The van der Waals surface area contributed by atoms with Crippen molar-refractivity contribution in [2.45, 2.75) is 4.90 Å². The molecule has 0 saturated heterocycles. The lowest BCUT2D eigenvalue weighted by molar-refractivity contribution is 0.0981. The maximum absolute atomic E-state index is 13.6. The lowest BCUT2D eigenvalue weighted by Crippen LogP contribution is -2.30. The normalized spacial score (nSPS) is 10.8. The first-order valence-corrected chi connectivity index (χ1v) is 10.3. The lowest BCUT2D eigenvalue weighted by atomic mass is 10.2. The van der Waals surface area contributed by atoms with Crippen LogP contribution >= 0.6 is 12.2 Å². The third-order valence-corrected chi connectivity index (χ3v) is 5.36. The molecule has 6 nitrogen and oxygen atoms in total. The van der Waals surface area contributed by atoms with Crippen LogP contribution < -0.4 is 15.4 Å². The Bertz CT molecular complexity index is 1140. The number of sulfonamides is 1. The molecule has 0 heterocycles. The molecule has 1 amide bonds. The zero-order valence-electron chi connectivity index (χ0n) is 14.9. The van der Waals surface area contributed by atoms with Crippen molar-refractivity contribution in [3.8, 4) is 0 Å². The summed E-state index contributed by atoms with van der Waals surface area (Å²) >= 11 is 5.13. The number of hydrogen-bond donors (Lipinski definition) is 3. The summed E-state index contributed by atoms with van der Waals surface area (Å²) in [5, 5.41) is 5.69. The number of para-hydroxylation sites is 1. The number of hydrogen-bond acceptors (Lipinski definition) is 4. The molecule has 0 unspecified atom stereocenters. The quantitative estimate of drug-likeness (QED) is 0.536. The van der Waals surface area contributed by atoms with Gasteiger partial charge in [0, 0.05) is 11.3 Å². The number of rotatable bonds is 5. The molecule has 0 aliphatic heterocycles. The van der Waals surface area contributed by atoms with Crippen LogP contribution in [0.1, 0.15) is 10.4 Å². The highest BCUT2D eigenvalue weighted by atomic mass is 32.2. The predicted octanol–water partition coefficient (Wildman–Crippen LogP) is 3.75. The monoisotopic (exact) mass is 429 g/mol. The largest absolute Gasteiger partial charge is 0.332 e. The molecular weight excluding hydrogens is 413 g/mol. The fourth-order valence-electron chi connectivity index (χ4n) is 2.39. The average Bonchev–Trinajstić information content (AvgIpc) is 2.70. The van der Waals surface area contributed by atoms with Crippen molar-refractivity contribution in [1.82, 2.24) is 4.72 Å². The molecule has 0 radical (unpaired) electrons. The van der Waals surface area contributed by atoms with Gasteiger partial charge in [-0.3, -0.25) is 4.79 Å². The van der Waals surface area contributed by atoms with Crippen molar-refractivity contribution in [3.05, 3.63) is 90.2 Å². The van der Waals surface area contributed by atoms with Crippen LogP contribution in [-0.2, 0) is 10.0 Å². The Hall–Kier alpha value is -3.30. The molecule has 29 heavy (non-hydrogen) atoms. The fourth-order valence-corrected chi connectivity index (χ4v) is 3.60. The van der Waals surface area contributed by atoms with Gasteiger partial charge >= 0.3 is 0 Å². The van der Waals surface area contributed by atoms with E-state index in [1.54, 1.807) is 30.3 Å². The van der Waals surface area contributed by atoms with Crippen LogP contribution in [0.25, 0.3) is 0 Å². The van der Waals surface area contributed by atoms with E-state index in [0.29, 0.717) is 5.69 Å². The predicted molar refractivity (Wildman–Crippen MR) is 114 cm³/mol. The highest BCUT2D eigenvalue weighted by Gasteiger charge is 2.18. The van der Waals surface area contributed by atoms with Crippen molar-refractivity contribution >= 4 is 44.6 Å². The van der Waals surface area contributed by atoms with Crippen molar-refractivity contribution in [1.29, 1.82) is 0 Å². The Morgan fingerprint density at radius 1 is 0.828 bits per heavy atom. The van der Waals surface area contributed by atoms with E-state index < -0.39 is 21.7 Å². The molecule has 0 atom stereocenters. The molecule has 0 aliphatic rings. The Morgan fingerprint density at radius 3 is 2.10 bits per heavy atom. The van der Waals surface area contributed by atoms with Gasteiger partial charge in [-0.1, -0.05) is 30.3 Å². The van der Waals surface area contributed by atoms with Gasteiger partial charge in [0.1, 0.15) is 5.82 Å². The number of thiocarbonyl (C=S) groups is 1. The van der Waals surface area contributed by atoms with Crippen LogP contribution in [0.2, 0.25) is 0 Å². The smallest absolute Gasteiger partial charge is 0.264 e. The highest BCUT2D eigenvalue weighted by molar-refractivity contribution is 7.90. The number of anilines is 2. The van der Waals surface area contributed by atoms with Crippen LogP contribution in [-0.4, -0.2) is 19.4 Å². The first-order valence-electron chi connectivity index (χ1n) is 8.40. The van der Waals surface area contributed by atoms with Crippen LogP contribution in [0.5, 0.6) is 0 Å². The topological polar surface area (TPSA) is 87.3 Å². The van der Waals surface area contributed by atoms with E-state index >= 15 is 0 Å². The second-order valence-corrected chi connectivity index (χ2v) is 7.97. The standard InChI is InChI=1S/C20H16FN3O3S2/c21-17-8-4-5-9-18(17)23-20(28)22-15-10-12-16(13-11-15)29(26,27)24-19(25)14-6-2-1-3-7-14/h1-13H,(H,24,25)(H2,22,23,28). The third-order valence-electron chi connectivity index (χ3n) is 3.81. The van der Waals surface area contributed by atoms with Gasteiger partial charge in [-0.15, -0.1) is 0 Å². The third kappa shape index (κ3) is 5.37. The van der Waals surface area contributed by atoms with E-state index in [1.165, 1.54) is 48.5 Å². The molecule has 0 fully saturated rings. The Morgan fingerprint density at radius 2 is 1.45 bits per heavy atom. The van der Waals surface area contributed by atoms with E-state index in [1.807, 2.05) is 4.72 Å². The van der Waals surface area contributed by atoms with Gasteiger partial charge in [0.05, 0.1) is 10.6 Å². The molecule has 3 aromatic rings. The van der Waals surface area contributed by atoms with Crippen LogP contribution in [0.3, 0.4) is 0 Å². The van der Waals surface area contributed by atoms with Crippen molar-refractivity contribution < 1.29 is 17.6 Å². The van der Waals surface area contributed by atoms with Gasteiger partial charge in [-0.25, -0.2) is 17.5 Å². The molecule has 0 aromatic heterocycles. The Kier molecular flexibility index (Phi) is 6.20. The molecule has 3 N–H and O–H groups in total. The molecule has 0 spiro atoms. The SMILES string of the molecule is O=C(NS(=O)(=O)c1ccc(NC(=S)Nc2ccccc2F)cc1)c1ccccc1. The number of carbonyl (C=O) groups excluding carboxylic acids is 1. The number of carbonyl (C=O) groups is 1. The van der Waals surface area contributed by atoms with Gasteiger partial charge in [0.2, 0.25) is 0 Å². The van der Waals surface area contributed by atoms with Gasteiger partial charge in [-0.05, 0) is 60.7 Å². The Balaban J connectivity index is 1.65. The number of amides is 1. The summed E-state index contributed by atoms with van der Waals surface area (Å²) in [4.78, 5) is 12.0. The maximum Gasteiger partial charge on any atom is 0.264 e. The lowest BCUT2D eigenvalue weighted by Gasteiger charge is -2.12. The molecule has 148 valence electrons. The minimum atomic E-state index is -4.03. The summed E-state index contributed by atoms with van der Waals surface area (Å²) in [7, 11) is -4.03. The summed E-state index contributed by atoms with van der Waals surface area (Å²) in [5.74, 6) is -1.17. The van der Waals surface area contributed by atoms with Crippen molar-refractivity contribution in [3.63, 3.8) is 0 Å². The Labute approximate surface area is 172 Å². The summed E-state index contributed by atoms with van der Waals surface area (Å²) < 4.78 is 40.5. The molecule has 3 rings (SSSR count). The second kappa shape index (κ2) is 8.80. The highest BCUT2D eigenvalue weighted by Crippen LogP contribution is 2.16. The average molecular weight is 429 g/mol. The molecule has 0 saturated carbocycles. The van der Waals surface area contributed by atoms with Gasteiger partial charge in [0.25, 0.3) is 15.9 Å². The van der Waals surface area contributed by atoms with Crippen LogP contribution in [0.15, 0.2) is 83.8 Å². The first kappa shape index (κ1) is 20.4. The van der Waals surface area contributed by atoms with E-state index in [0.717, 1.165) is 0 Å². The zero-order chi connectivity index (χ0) is 20.9. The van der Waals surface area contributed by atoms with Gasteiger partial charge in [-0.2, -0.15) is 0 Å². The minimum absolute atomic E-state index is 0.0830. The molecule has 3 aromatic carbocycles. The van der Waals surface area contributed by atoms with Gasteiger partial charge in [0.15, 0.2) is 5.11 Å². The molecule has 9 heteroatoms. The van der Waals surface area contributed by atoms with E-state index in [-0.39, 0.29) is 21.3 Å². The van der Waals surface area contributed by atoms with Crippen LogP contribution in [0, 0.1) is 5.82 Å². The molecule has 0 bridgehead atoms. The summed E-state index contributed by atoms with van der Waals surface area (Å²) in [5.41, 5.74) is 0.943. The number of nitrogens with one attached hydrogen (secondary N) is 3. The fraction of sp³-hybridized carbons (Fsp3) is 0. The van der Waals surface area contributed by atoms with Gasteiger partial charge < -0.3 is 10.6 Å². The summed E-state index contributed by atoms with van der Waals surface area (Å²) in [6.07, 6.45) is 0. The number of halogens is 1. The van der Waals surface area contributed by atoms with Crippen molar-refractivity contribution in [2.24, 2.45) is 0 Å². The number of benzene rings is 3. The maximum atomic E-state index is 13.6. The molecular formula is C20H16FN3O3S2. The summed E-state index contributed by atoms with van der Waals surface area (Å²) in [6.45, 7) is 0. The van der Waals surface area contributed by atoms with Crippen LogP contribution in [0.4, 0.5) is 15.8 Å². The zero-order valence-corrected chi connectivity index (χ0v) is 16.6. The first-order chi connectivity index (χ1) is 13.8.